The molecule has 0 fully saturated rings. The number of aliphatic hydroxyl groups is 1. The van der Waals surface area contributed by atoms with E-state index in [1.165, 1.54) is 0 Å². The van der Waals surface area contributed by atoms with Crippen molar-refractivity contribution in [1.29, 1.82) is 0 Å². The van der Waals surface area contributed by atoms with Crippen LogP contribution in [-0.4, -0.2) is 42.9 Å². The van der Waals surface area contributed by atoms with Crippen molar-refractivity contribution in [3.63, 3.8) is 0 Å². The summed E-state index contributed by atoms with van der Waals surface area (Å²) in [6, 6.07) is -0.197. The molecule has 0 aromatic heterocycles. The zero-order valence-electron chi connectivity index (χ0n) is 9.35. The first-order valence-electron chi connectivity index (χ1n) is 4.76. The van der Waals surface area contributed by atoms with Crippen molar-refractivity contribution in [3.05, 3.63) is 0 Å². The molecule has 14 heavy (non-hydrogen) atoms. The molecule has 2 amide bonds. The highest BCUT2D eigenvalue weighted by Crippen LogP contribution is 1.99. The summed E-state index contributed by atoms with van der Waals surface area (Å²) < 4.78 is 0. The van der Waals surface area contributed by atoms with Crippen molar-refractivity contribution in [2.24, 2.45) is 0 Å². The molecule has 5 heteroatoms. The number of hydrogen-bond donors (Lipinski definition) is 4. The maximum Gasteiger partial charge on any atom is 0.314 e. The fourth-order valence-corrected chi connectivity index (χ4v) is 0.876. The molecule has 0 heterocycles. The molecule has 1 unspecified atom stereocenters. The van der Waals surface area contributed by atoms with E-state index in [0.29, 0.717) is 13.1 Å². The molecule has 0 aliphatic heterocycles. The number of urea groups is 1. The van der Waals surface area contributed by atoms with Gasteiger partial charge in [0, 0.05) is 25.7 Å². The molecule has 0 aliphatic carbocycles. The topological polar surface area (TPSA) is 73.4 Å². The zero-order chi connectivity index (χ0) is 11.2. The van der Waals surface area contributed by atoms with Crippen LogP contribution in [0.1, 0.15) is 20.8 Å². The average molecular weight is 203 g/mol. The molecule has 0 radical (unpaired) electrons. The summed E-state index contributed by atoms with van der Waals surface area (Å²) in [4.78, 5) is 10.9. The zero-order valence-corrected chi connectivity index (χ0v) is 9.35. The van der Waals surface area contributed by atoms with E-state index in [1.54, 1.807) is 14.0 Å². The molecule has 0 saturated carbocycles. The van der Waals surface area contributed by atoms with Gasteiger partial charge in [-0.15, -0.1) is 0 Å². The number of carbonyl (C=O) groups is 1. The first-order chi connectivity index (χ1) is 6.37. The number of rotatable bonds is 5. The predicted molar refractivity (Wildman–Crippen MR) is 56.2 cm³/mol. The van der Waals surface area contributed by atoms with Crippen molar-refractivity contribution in [1.82, 2.24) is 16.0 Å². The smallest absolute Gasteiger partial charge is 0.314 e. The second-order valence-corrected chi connectivity index (χ2v) is 4.05. The minimum Gasteiger partial charge on any atom is -0.392 e. The molecular formula is C9H21N3O2. The lowest BCUT2D eigenvalue weighted by atomic mass is 10.1. The Labute approximate surface area is 85.3 Å². The third-order valence-electron chi connectivity index (χ3n) is 1.79. The monoisotopic (exact) mass is 203 g/mol. The van der Waals surface area contributed by atoms with Crippen LogP contribution in [0, 0.1) is 0 Å². The van der Waals surface area contributed by atoms with E-state index in [-0.39, 0.29) is 17.7 Å². The molecule has 0 bridgehead atoms. The number of β-amino-alcohol motifs (C(OH)–C–C–N with tert-alkyl or cyclic N) is 1. The van der Waals surface area contributed by atoms with E-state index in [1.807, 2.05) is 13.8 Å². The lowest BCUT2D eigenvalue weighted by molar-refractivity contribution is 0.175. The van der Waals surface area contributed by atoms with Gasteiger partial charge in [0.2, 0.25) is 0 Å². The number of amides is 2. The van der Waals surface area contributed by atoms with Gasteiger partial charge in [-0.1, -0.05) is 0 Å². The molecular weight excluding hydrogens is 182 g/mol. The molecule has 0 rings (SSSR count). The standard InChI is InChI=1S/C9H21N3O2/c1-7(13)5-12-9(2,3)6-11-8(14)10-4/h7,12-13H,5-6H2,1-4H3,(H2,10,11,14). The first-order valence-corrected chi connectivity index (χ1v) is 4.76. The molecule has 84 valence electrons. The Balaban J connectivity index is 3.77. The summed E-state index contributed by atoms with van der Waals surface area (Å²) in [7, 11) is 1.57. The van der Waals surface area contributed by atoms with E-state index >= 15 is 0 Å². The summed E-state index contributed by atoms with van der Waals surface area (Å²) in [5.41, 5.74) is -0.219. The summed E-state index contributed by atoms with van der Waals surface area (Å²) >= 11 is 0. The van der Waals surface area contributed by atoms with Gasteiger partial charge < -0.3 is 21.1 Å². The summed E-state index contributed by atoms with van der Waals surface area (Å²) in [6.45, 7) is 6.67. The van der Waals surface area contributed by atoms with Gasteiger partial charge in [0.15, 0.2) is 0 Å². The van der Waals surface area contributed by atoms with Crippen molar-refractivity contribution in [3.8, 4) is 0 Å². The van der Waals surface area contributed by atoms with Crippen molar-refractivity contribution >= 4 is 6.03 Å². The third-order valence-corrected chi connectivity index (χ3v) is 1.79. The lowest BCUT2D eigenvalue weighted by Crippen LogP contribution is -2.52. The van der Waals surface area contributed by atoms with Crippen LogP contribution >= 0.6 is 0 Å². The summed E-state index contributed by atoms with van der Waals surface area (Å²) in [5, 5.41) is 17.4. The molecule has 1 atom stereocenters. The maximum absolute atomic E-state index is 10.9. The fourth-order valence-electron chi connectivity index (χ4n) is 0.876. The molecule has 0 aromatic rings. The number of aliphatic hydroxyl groups excluding tert-OH is 1. The highest BCUT2D eigenvalue weighted by molar-refractivity contribution is 5.73. The molecule has 0 aliphatic rings. The summed E-state index contributed by atoms with van der Waals surface area (Å²) in [5.74, 6) is 0. The molecule has 4 N–H and O–H groups in total. The highest BCUT2D eigenvalue weighted by Gasteiger charge is 2.17. The van der Waals surface area contributed by atoms with Crippen molar-refractivity contribution in [2.75, 3.05) is 20.1 Å². The second kappa shape index (κ2) is 5.82. The minimum atomic E-state index is -0.380. The number of carbonyl (C=O) groups excluding carboxylic acids is 1. The van der Waals surface area contributed by atoms with Gasteiger partial charge >= 0.3 is 6.03 Å². The molecule has 0 saturated heterocycles. The number of nitrogens with one attached hydrogen (secondary N) is 3. The van der Waals surface area contributed by atoms with Gasteiger partial charge in [0.05, 0.1) is 6.10 Å². The Morgan fingerprint density at radius 1 is 1.50 bits per heavy atom. The number of hydrogen-bond acceptors (Lipinski definition) is 3. The Morgan fingerprint density at radius 3 is 2.50 bits per heavy atom. The Kier molecular flexibility index (Phi) is 5.49. The van der Waals surface area contributed by atoms with Crippen LogP contribution in [-0.2, 0) is 0 Å². The van der Waals surface area contributed by atoms with E-state index in [2.05, 4.69) is 16.0 Å². The van der Waals surface area contributed by atoms with Gasteiger partial charge in [-0.3, -0.25) is 0 Å². The van der Waals surface area contributed by atoms with Crippen LogP contribution in [0.15, 0.2) is 0 Å². The van der Waals surface area contributed by atoms with E-state index < -0.39 is 0 Å². The van der Waals surface area contributed by atoms with Crippen LogP contribution in [0.4, 0.5) is 4.79 Å². The SMILES string of the molecule is CNC(=O)NCC(C)(C)NCC(C)O. The fraction of sp³-hybridized carbons (Fsp3) is 0.889. The van der Waals surface area contributed by atoms with Crippen LogP contribution < -0.4 is 16.0 Å². The first kappa shape index (κ1) is 13.2. The average Bonchev–Trinajstić information content (AvgIpc) is 2.11. The quantitative estimate of drug-likeness (QED) is 0.494. The van der Waals surface area contributed by atoms with Gasteiger partial charge in [-0.2, -0.15) is 0 Å². The minimum absolute atomic E-state index is 0.197. The van der Waals surface area contributed by atoms with Gasteiger partial charge in [-0.25, -0.2) is 4.79 Å². The van der Waals surface area contributed by atoms with E-state index in [0.717, 1.165) is 0 Å². The summed E-state index contributed by atoms with van der Waals surface area (Å²) in [6.07, 6.45) is -0.380. The molecule has 0 spiro atoms. The Bertz CT molecular complexity index is 181. The largest absolute Gasteiger partial charge is 0.392 e. The van der Waals surface area contributed by atoms with Crippen molar-refractivity contribution < 1.29 is 9.90 Å². The van der Waals surface area contributed by atoms with Gasteiger partial charge in [-0.05, 0) is 20.8 Å². The van der Waals surface area contributed by atoms with Crippen LogP contribution in [0.5, 0.6) is 0 Å². The second-order valence-electron chi connectivity index (χ2n) is 4.05. The van der Waals surface area contributed by atoms with Crippen molar-refractivity contribution in [2.45, 2.75) is 32.4 Å². The Morgan fingerprint density at radius 2 is 2.07 bits per heavy atom. The lowest BCUT2D eigenvalue weighted by Gasteiger charge is -2.27. The maximum atomic E-state index is 10.9. The normalized spacial score (nSPS) is 13.5. The van der Waals surface area contributed by atoms with E-state index in [9.17, 15) is 4.79 Å². The predicted octanol–water partition coefficient (Wildman–Crippen LogP) is -0.336. The van der Waals surface area contributed by atoms with Crippen LogP contribution in [0.2, 0.25) is 0 Å². The third kappa shape index (κ3) is 6.68. The Hall–Kier alpha value is -0.810. The highest BCUT2D eigenvalue weighted by atomic mass is 16.3. The molecule has 0 aromatic carbocycles. The van der Waals surface area contributed by atoms with Gasteiger partial charge in [0.25, 0.3) is 0 Å². The van der Waals surface area contributed by atoms with E-state index in [4.69, 9.17) is 5.11 Å². The van der Waals surface area contributed by atoms with Crippen LogP contribution in [0.3, 0.4) is 0 Å². The van der Waals surface area contributed by atoms with Gasteiger partial charge in [0.1, 0.15) is 0 Å². The molecule has 5 nitrogen and oxygen atoms in total. The van der Waals surface area contributed by atoms with Crippen LogP contribution in [0.25, 0.3) is 0 Å².